The van der Waals surface area contributed by atoms with Gasteiger partial charge in [-0.05, 0) is 20.8 Å². The maximum absolute atomic E-state index is 13.0. The third kappa shape index (κ3) is 6.40. The average Bonchev–Trinajstić information content (AvgIpc) is 2.02. The zero-order valence-electron chi connectivity index (χ0n) is 8.84. The fourth-order valence-corrected chi connectivity index (χ4v) is 3.23. The van der Waals surface area contributed by atoms with Crippen LogP contribution in [0.2, 0.25) is 0 Å². The monoisotopic (exact) mass is 264 g/mol. The van der Waals surface area contributed by atoms with Crippen LogP contribution in [0, 0.1) is 0 Å². The molecule has 0 aliphatic carbocycles. The molecule has 0 fully saturated rings. The molecule has 0 aromatic carbocycles. The summed E-state index contributed by atoms with van der Waals surface area (Å²) in [5, 5.41) is 0. The Balaban J connectivity index is 4.53. The van der Waals surface area contributed by atoms with E-state index in [9.17, 15) is 13.3 Å². The van der Waals surface area contributed by atoms with Crippen molar-refractivity contribution in [1.29, 1.82) is 0 Å². The number of halogens is 1. The summed E-state index contributed by atoms with van der Waals surface area (Å²) in [5.74, 6) is 0. The minimum atomic E-state index is -4.89. The standard InChI is InChI=1S/C6H15FO6P2/c1-4-10-14(7,8)13-15(9,11-5-2)12-6-3/h4-6H2,1-3H3. The van der Waals surface area contributed by atoms with Gasteiger partial charge in [0.05, 0.1) is 19.8 Å². The minimum Gasteiger partial charge on any atom is -0.287 e. The molecule has 0 aliphatic heterocycles. The summed E-state index contributed by atoms with van der Waals surface area (Å²) in [4.78, 5) is 0. The van der Waals surface area contributed by atoms with E-state index in [1.807, 2.05) is 0 Å². The number of hydrogen-bond acceptors (Lipinski definition) is 6. The Hall–Kier alpha value is 0.230. The summed E-state index contributed by atoms with van der Waals surface area (Å²) in [6.07, 6.45) is 0. The van der Waals surface area contributed by atoms with Crippen molar-refractivity contribution in [3.8, 4) is 0 Å². The van der Waals surface area contributed by atoms with E-state index < -0.39 is 15.7 Å². The Morgan fingerprint density at radius 1 is 0.933 bits per heavy atom. The molecule has 15 heavy (non-hydrogen) atoms. The Kier molecular flexibility index (Phi) is 6.84. The lowest BCUT2D eigenvalue weighted by atomic mass is 10.9. The van der Waals surface area contributed by atoms with Crippen LogP contribution in [0.15, 0.2) is 0 Å². The molecule has 6 nitrogen and oxygen atoms in total. The highest BCUT2D eigenvalue weighted by molar-refractivity contribution is 7.62. The molecule has 0 aliphatic rings. The number of hydrogen-bond donors (Lipinski definition) is 0. The van der Waals surface area contributed by atoms with Crippen LogP contribution in [0.25, 0.3) is 0 Å². The first kappa shape index (κ1) is 15.2. The molecule has 9 heteroatoms. The van der Waals surface area contributed by atoms with Gasteiger partial charge in [0.15, 0.2) is 0 Å². The molecule has 0 saturated heterocycles. The van der Waals surface area contributed by atoms with Gasteiger partial charge in [0.2, 0.25) is 0 Å². The second kappa shape index (κ2) is 6.74. The molecule has 0 aromatic heterocycles. The van der Waals surface area contributed by atoms with Gasteiger partial charge in [0, 0.05) is 0 Å². The molecular weight excluding hydrogens is 249 g/mol. The summed E-state index contributed by atoms with van der Waals surface area (Å²) in [7, 11) is -9.02. The molecule has 0 amide bonds. The molecule has 0 spiro atoms. The molecule has 1 unspecified atom stereocenters. The van der Waals surface area contributed by atoms with Crippen LogP contribution < -0.4 is 0 Å². The summed E-state index contributed by atoms with van der Waals surface area (Å²) < 4.78 is 52.9. The van der Waals surface area contributed by atoms with E-state index in [4.69, 9.17) is 0 Å². The maximum Gasteiger partial charge on any atom is 0.522 e. The lowest BCUT2D eigenvalue weighted by molar-refractivity contribution is 0.146. The summed E-state index contributed by atoms with van der Waals surface area (Å²) >= 11 is 0. The first-order chi connectivity index (χ1) is 6.89. The van der Waals surface area contributed by atoms with Crippen LogP contribution in [-0.2, 0) is 27.0 Å². The lowest BCUT2D eigenvalue weighted by Crippen LogP contribution is -1.99. The largest absolute Gasteiger partial charge is 0.522 e. The van der Waals surface area contributed by atoms with Crippen LogP contribution in [0.1, 0.15) is 20.8 Å². The number of rotatable bonds is 8. The van der Waals surface area contributed by atoms with Gasteiger partial charge in [-0.25, -0.2) is 9.13 Å². The van der Waals surface area contributed by atoms with E-state index in [1.54, 1.807) is 0 Å². The SMILES string of the molecule is CCOP(=O)(F)OP(=O)(OCC)OCC. The smallest absolute Gasteiger partial charge is 0.287 e. The molecule has 0 heterocycles. The van der Waals surface area contributed by atoms with Gasteiger partial charge in [-0.1, -0.05) is 0 Å². The third-order valence-corrected chi connectivity index (χ3v) is 4.35. The Bertz CT molecular complexity index is 260. The summed E-state index contributed by atoms with van der Waals surface area (Å²) in [6.45, 7) is 4.22. The zero-order valence-corrected chi connectivity index (χ0v) is 10.6. The van der Waals surface area contributed by atoms with Crippen molar-refractivity contribution in [3.05, 3.63) is 0 Å². The second-order valence-electron chi connectivity index (χ2n) is 2.21. The Morgan fingerprint density at radius 3 is 1.67 bits per heavy atom. The van der Waals surface area contributed by atoms with E-state index in [0.717, 1.165) is 0 Å². The fraction of sp³-hybridized carbons (Fsp3) is 1.00. The number of phosphoric ester groups is 1. The highest BCUT2D eigenvalue weighted by atomic mass is 31.3. The molecule has 0 saturated carbocycles. The molecule has 0 rings (SSSR count). The normalized spacial score (nSPS) is 16.3. The summed E-state index contributed by atoms with van der Waals surface area (Å²) in [6, 6.07) is 0. The molecular formula is C6H15FO6P2. The van der Waals surface area contributed by atoms with Crippen LogP contribution in [0.5, 0.6) is 0 Å². The van der Waals surface area contributed by atoms with Gasteiger partial charge in [-0.15, -0.1) is 4.20 Å². The van der Waals surface area contributed by atoms with Crippen LogP contribution in [0.4, 0.5) is 4.20 Å². The van der Waals surface area contributed by atoms with Crippen molar-refractivity contribution in [1.82, 2.24) is 0 Å². The molecule has 0 bridgehead atoms. The number of phosphoric acid groups is 1. The van der Waals surface area contributed by atoms with Crippen molar-refractivity contribution in [2.75, 3.05) is 19.8 Å². The van der Waals surface area contributed by atoms with E-state index in [-0.39, 0.29) is 19.8 Å². The van der Waals surface area contributed by atoms with Crippen molar-refractivity contribution in [2.45, 2.75) is 20.8 Å². The van der Waals surface area contributed by atoms with Gasteiger partial charge >= 0.3 is 15.7 Å². The minimum absolute atomic E-state index is 0.0244. The quantitative estimate of drug-likeness (QED) is 0.626. The first-order valence-corrected chi connectivity index (χ1v) is 7.33. The Morgan fingerprint density at radius 2 is 1.33 bits per heavy atom. The van der Waals surface area contributed by atoms with Crippen molar-refractivity contribution in [2.24, 2.45) is 0 Å². The van der Waals surface area contributed by atoms with Crippen molar-refractivity contribution >= 4 is 15.7 Å². The first-order valence-electron chi connectivity index (χ1n) is 4.43. The van der Waals surface area contributed by atoms with Crippen LogP contribution in [-0.4, -0.2) is 19.8 Å². The second-order valence-corrected chi connectivity index (χ2v) is 5.40. The van der Waals surface area contributed by atoms with Crippen LogP contribution in [0.3, 0.4) is 0 Å². The molecule has 1 atom stereocenters. The van der Waals surface area contributed by atoms with Gasteiger partial charge in [0.1, 0.15) is 0 Å². The fourth-order valence-electron chi connectivity index (χ4n) is 0.698. The summed E-state index contributed by atoms with van der Waals surface area (Å²) in [5.41, 5.74) is 0. The van der Waals surface area contributed by atoms with Crippen molar-refractivity contribution < 1.29 is 31.2 Å². The molecule has 0 aromatic rings. The van der Waals surface area contributed by atoms with E-state index >= 15 is 0 Å². The highest BCUT2D eigenvalue weighted by Gasteiger charge is 2.38. The maximum atomic E-state index is 13.0. The predicted molar refractivity (Wildman–Crippen MR) is 52.3 cm³/mol. The molecule has 92 valence electrons. The van der Waals surface area contributed by atoms with Gasteiger partial charge in [0.25, 0.3) is 0 Å². The third-order valence-electron chi connectivity index (χ3n) is 1.06. The molecule has 0 radical (unpaired) electrons. The van der Waals surface area contributed by atoms with Crippen LogP contribution >= 0.6 is 15.7 Å². The average molecular weight is 264 g/mol. The van der Waals surface area contributed by atoms with E-state index in [1.165, 1.54) is 20.8 Å². The Labute approximate surface area is 88.3 Å². The zero-order chi connectivity index (χ0) is 11.9. The van der Waals surface area contributed by atoms with Gasteiger partial charge in [-0.3, -0.25) is 13.6 Å². The van der Waals surface area contributed by atoms with E-state index in [0.29, 0.717) is 0 Å². The topological polar surface area (TPSA) is 71.1 Å². The lowest BCUT2D eigenvalue weighted by Gasteiger charge is -2.17. The van der Waals surface area contributed by atoms with Gasteiger partial charge in [-0.2, -0.15) is 4.31 Å². The van der Waals surface area contributed by atoms with Crippen molar-refractivity contribution in [3.63, 3.8) is 0 Å². The van der Waals surface area contributed by atoms with E-state index in [2.05, 4.69) is 17.9 Å². The molecule has 0 N–H and O–H groups in total. The predicted octanol–water partition coefficient (Wildman–Crippen LogP) is 3.30. The highest BCUT2D eigenvalue weighted by Crippen LogP contribution is 2.66. The van der Waals surface area contributed by atoms with Gasteiger partial charge < -0.3 is 0 Å².